The molecular formula is C22H21N3O3. The Morgan fingerprint density at radius 2 is 1.86 bits per heavy atom. The Morgan fingerprint density at radius 3 is 2.61 bits per heavy atom. The summed E-state index contributed by atoms with van der Waals surface area (Å²) in [5, 5.41) is 2.28. The first-order valence-corrected chi connectivity index (χ1v) is 9.34. The number of barbiturate groups is 1. The third kappa shape index (κ3) is 2.97. The Hall–Kier alpha value is -3.41. The number of para-hydroxylation sites is 1. The van der Waals surface area contributed by atoms with E-state index in [1.807, 2.05) is 37.3 Å². The number of imide groups is 2. The summed E-state index contributed by atoms with van der Waals surface area (Å²) in [5.41, 5.74) is 4.36. The average Bonchev–Trinajstić information content (AvgIpc) is 3.09. The predicted molar refractivity (Wildman–Crippen MR) is 108 cm³/mol. The van der Waals surface area contributed by atoms with Crippen LogP contribution in [0.15, 0.2) is 48.0 Å². The first kappa shape index (κ1) is 18.0. The number of fused-ring (bicyclic) bond motifs is 1. The molecule has 0 bridgehead atoms. The quantitative estimate of drug-likeness (QED) is 0.661. The fourth-order valence-electron chi connectivity index (χ4n) is 3.77. The maximum absolute atomic E-state index is 13.0. The smallest absolute Gasteiger partial charge is 0.335 e. The number of benzene rings is 2. The highest BCUT2D eigenvalue weighted by Crippen LogP contribution is 2.30. The van der Waals surface area contributed by atoms with E-state index in [-0.39, 0.29) is 5.57 Å². The molecule has 0 aromatic heterocycles. The molecule has 0 atom stereocenters. The van der Waals surface area contributed by atoms with Crippen molar-refractivity contribution in [3.63, 3.8) is 0 Å². The van der Waals surface area contributed by atoms with Crippen LogP contribution in [-0.4, -0.2) is 30.9 Å². The number of urea groups is 1. The molecule has 0 saturated carbocycles. The first-order valence-electron chi connectivity index (χ1n) is 9.34. The molecule has 0 unspecified atom stereocenters. The topological polar surface area (TPSA) is 69.7 Å². The minimum absolute atomic E-state index is 0.0480. The Bertz CT molecular complexity index is 1030. The van der Waals surface area contributed by atoms with E-state index in [4.69, 9.17) is 0 Å². The third-order valence-electron chi connectivity index (χ3n) is 5.25. The fraction of sp³-hybridized carbons (Fsp3) is 0.227. The number of anilines is 2. The molecule has 28 heavy (non-hydrogen) atoms. The summed E-state index contributed by atoms with van der Waals surface area (Å²) < 4.78 is 0. The second-order valence-corrected chi connectivity index (χ2v) is 6.96. The third-order valence-corrected chi connectivity index (χ3v) is 5.25. The zero-order chi connectivity index (χ0) is 19.8. The summed E-state index contributed by atoms with van der Waals surface area (Å²) in [5.74, 6) is -1.28. The predicted octanol–water partition coefficient (Wildman–Crippen LogP) is 3.04. The van der Waals surface area contributed by atoms with E-state index >= 15 is 0 Å². The molecular weight excluding hydrogens is 354 g/mol. The summed E-state index contributed by atoms with van der Waals surface area (Å²) in [6.45, 7) is 5.85. The highest BCUT2D eigenvalue weighted by molar-refractivity contribution is 6.39. The number of nitrogens with zero attached hydrogens (tertiary/aromatic N) is 2. The van der Waals surface area contributed by atoms with Crippen molar-refractivity contribution in [2.75, 3.05) is 22.9 Å². The van der Waals surface area contributed by atoms with Gasteiger partial charge in [-0.15, -0.1) is 0 Å². The number of carbonyl (C=O) groups excluding carboxylic acids is 3. The number of aryl methyl sites for hydroxylation is 1. The van der Waals surface area contributed by atoms with E-state index in [9.17, 15) is 14.4 Å². The van der Waals surface area contributed by atoms with E-state index in [1.165, 1.54) is 11.3 Å². The van der Waals surface area contributed by atoms with Gasteiger partial charge in [0, 0.05) is 18.8 Å². The SMILES string of the molecule is CCN1CCc2cc(/C=C3\C(=O)NC(=O)N(c4ccccc4C)C3=O)ccc21. The van der Waals surface area contributed by atoms with Gasteiger partial charge in [-0.2, -0.15) is 0 Å². The summed E-state index contributed by atoms with van der Waals surface area (Å²) >= 11 is 0. The molecule has 2 aliphatic rings. The zero-order valence-electron chi connectivity index (χ0n) is 15.9. The molecule has 0 spiro atoms. The van der Waals surface area contributed by atoms with Gasteiger partial charge in [-0.25, -0.2) is 9.69 Å². The van der Waals surface area contributed by atoms with Crippen LogP contribution in [-0.2, 0) is 16.0 Å². The van der Waals surface area contributed by atoms with Gasteiger partial charge in [0.15, 0.2) is 0 Å². The first-order chi connectivity index (χ1) is 13.5. The van der Waals surface area contributed by atoms with Gasteiger partial charge in [0.25, 0.3) is 11.8 Å². The zero-order valence-corrected chi connectivity index (χ0v) is 15.9. The normalized spacial score (nSPS) is 17.9. The van der Waals surface area contributed by atoms with Gasteiger partial charge >= 0.3 is 6.03 Å². The molecule has 2 aliphatic heterocycles. The fourth-order valence-corrected chi connectivity index (χ4v) is 3.77. The van der Waals surface area contributed by atoms with Crippen molar-refractivity contribution in [1.29, 1.82) is 0 Å². The Kier molecular flexibility index (Phi) is 4.47. The van der Waals surface area contributed by atoms with Crippen molar-refractivity contribution in [1.82, 2.24) is 5.32 Å². The monoisotopic (exact) mass is 375 g/mol. The molecule has 1 N–H and O–H groups in total. The molecule has 142 valence electrons. The van der Waals surface area contributed by atoms with Crippen LogP contribution >= 0.6 is 0 Å². The van der Waals surface area contributed by atoms with Crippen LogP contribution in [0.5, 0.6) is 0 Å². The van der Waals surface area contributed by atoms with Crippen molar-refractivity contribution in [2.45, 2.75) is 20.3 Å². The van der Waals surface area contributed by atoms with Crippen LogP contribution in [0.2, 0.25) is 0 Å². The number of amides is 4. The van der Waals surface area contributed by atoms with Gasteiger partial charge in [0.1, 0.15) is 5.57 Å². The number of likely N-dealkylation sites (N-methyl/N-ethyl adjacent to an activating group) is 1. The van der Waals surface area contributed by atoms with Gasteiger partial charge in [-0.3, -0.25) is 14.9 Å². The Balaban J connectivity index is 1.71. The second-order valence-electron chi connectivity index (χ2n) is 6.96. The molecule has 2 aromatic carbocycles. The van der Waals surface area contributed by atoms with E-state index in [1.54, 1.807) is 18.2 Å². The minimum atomic E-state index is -0.728. The standard InChI is InChI=1S/C22H21N3O3/c1-3-24-11-10-16-12-15(8-9-19(16)24)13-17-20(26)23-22(28)25(21(17)27)18-7-5-4-6-14(18)2/h4-9,12-13H,3,10-11H2,1-2H3,(H,23,26,28)/b17-13+. The summed E-state index contributed by atoms with van der Waals surface area (Å²) in [4.78, 5) is 41.0. The van der Waals surface area contributed by atoms with E-state index in [0.717, 1.165) is 35.5 Å². The van der Waals surface area contributed by atoms with Gasteiger partial charge in [-0.1, -0.05) is 24.3 Å². The van der Waals surface area contributed by atoms with Crippen LogP contribution < -0.4 is 15.1 Å². The lowest BCUT2D eigenvalue weighted by Crippen LogP contribution is -2.54. The van der Waals surface area contributed by atoms with Crippen LogP contribution in [0.4, 0.5) is 16.2 Å². The molecule has 4 rings (SSSR count). The number of hydrogen-bond acceptors (Lipinski definition) is 4. The van der Waals surface area contributed by atoms with Gasteiger partial charge in [0.2, 0.25) is 0 Å². The van der Waals surface area contributed by atoms with Crippen LogP contribution in [0.25, 0.3) is 6.08 Å². The molecule has 2 heterocycles. The molecule has 6 heteroatoms. The highest BCUT2D eigenvalue weighted by Gasteiger charge is 2.37. The molecule has 0 radical (unpaired) electrons. The van der Waals surface area contributed by atoms with Crippen LogP contribution in [0.1, 0.15) is 23.6 Å². The highest BCUT2D eigenvalue weighted by atomic mass is 16.2. The van der Waals surface area contributed by atoms with Gasteiger partial charge in [-0.05, 0) is 61.2 Å². The number of nitrogens with one attached hydrogen (secondary N) is 1. The summed E-state index contributed by atoms with van der Waals surface area (Å²) in [6, 6.07) is 12.3. The average molecular weight is 375 g/mol. The maximum atomic E-state index is 13.0. The second kappa shape index (κ2) is 6.96. The Labute approximate surface area is 163 Å². The summed E-state index contributed by atoms with van der Waals surface area (Å²) in [7, 11) is 0. The molecule has 1 saturated heterocycles. The van der Waals surface area contributed by atoms with Crippen molar-refractivity contribution in [3.05, 3.63) is 64.7 Å². The Morgan fingerprint density at radius 1 is 1.07 bits per heavy atom. The van der Waals surface area contributed by atoms with Crippen molar-refractivity contribution >= 4 is 35.3 Å². The van der Waals surface area contributed by atoms with E-state index in [0.29, 0.717) is 5.69 Å². The molecule has 6 nitrogen and oxygen atoms in total. The minimum Gasteiger partial charge on any atom is -0.371 e. The largest absolute Gasteiger partial charge is 0.371 e. The molecule has 2 aromatic rings. The van der Waals surface area contributed by atoms with Gasteiger partial charge in [0.05, 0.1) is 5.69 Å². The van der Waals surface area contributed by atoms with Crippen LogP contribution in [0, 0.1) is 6.92 Å². The number of rotatable bonds is 3. The number of hydrogen-bond donors (Lipinski definition) is 1. The van der Waals surface area contributed by atoms with Crippen LogP contribution in [0.3, 0.4) is 0 Å². The molecule has 1 fully saturated rings. The number of carbonyl (C=O) groups is 3. The lowest BCUT2D eigenvalue weighted by atomic mass is 10.0. The lowest BCUT2D eigenvalue weighted by molar-refractivity contribution is -0.122. The molecule has 4 amide bonds. The van der Waals surface area contributed by atoms with Crippen molar-refractivity contribution in [3.8, 4) is 0 Å². The maximum Gasteiger partial charge on any atom is 0.335 e. The van der Waals surface area contributed by atoms with Gasteiger partial charge < -0.3 is 4.90 Å². The summed E-state index contributed by atoms with van der Waals surface area (Å²) in [6.07, 6.45) is 2.50. The lowest BCUT2D eigenvalue weighted by Gasteiger charge is -2.27. The van der Waals surface area contributed by atoms with Crippen molar-refractivity contribution < 1.29 is 14.4 Å². The van der Waals surface area contributed by atoms with Crippen molar-refractivity contribution in [2.24, 2.45) is 0 Å². The molecule has 0 aliphatic carbocycles. The van der Waals surface area contributed by atoms with E-state index in [2.05, 4.69) is 17.1 Å². The van der Waals surface area contributed by atoms with E-state index < -0.39 is 17.8 Å².